The van der Waals surface area contributed by atoms with Gasteiger partial charge in [0.2, 0.25) is 0 Å². The van der Waals surface area contributed by atoms with E-state index in [1.54, 1.807) is 29.7 Å². The van der Waals surface area contributed by atoms with E-state index in [1.165, 1.54) is 32.1 Å². The molecule has 5 aliphatic carbocycles. The van der Waals surface area contributed by atoms with Gasteiger partial charge in [0.25, 0.3) is 0 Å². The third-order valence-corrected chi connectivity index (χ3v) is 8.31. The summed E-state index contributed by atoms with van der Waals surface area (Å²) < 4.78 is 0. The monoisotopic (exact) mass is 315 g/mol. The van der Waals surface area contributed by atoms with E-state index in [2.05, 4.69) is 23.7 Å². The average molecular weight is 316 g/mol. The Hall–Kier alpha value is -0.340. The molecule has 0 radical (unpaired) electrons. The summed E-state index contributed by atoms with van der Waals surface area (Å²) >= 11 is 1.97. The molecule has 2 heteroatoms. The summed E-state index contributed by atoms with van der Waals surface area (Å²) in [6, 6.07) is 3.09. The number of hydrogen-bond donors (Lipinski definition) is 1. The van der Waals surface area contributed by atoms with Crippen molar-refractivity contribution in [2.75, 3.05) is 0 Å². The quantitative estimate of drug-likeness (QED) is 0.775. The Kier molecular flexibility index (Phi) is 3.24. The molecule has 0 amide bonds. The predicted molar refractivity (Wildman–Crippen MR) is 93.2 cm³/mol. The molecule has 4 bridgehead atoms. The van der Waals surface area contributed by atoms with Crippen molar-refractivity contribution < 1.29 is 0 Å². The number of nitrogens with one attached hydrogen (secondary N) is 1. The molecule has 1 aromatic heterocycles. The Bertz CT molecular complexity index is 521. The first kappa shape index (κ1) is 14.0. The molecule has 22 heavy (non-hydrogen) atoms. The fourth-order valence-electron chi connectivity index (χ4n) is 6.42. The first-order valence-corrected chi connectivity index (χ1v) is 10.4. The van der Waals surface area contributed by atoms with Gasteiger partial charge in [-0.15, -0.1) is 11.3 Å². The lowest BCUT2D eigenvalue weighted by Gasteiger charge is -2.59. The topological polar surface area (TPSA) is 12.0 Å². The first-order valence-electron chi connectivity index (χ1n) is 9.51. The van der Waals surface area contributed by atoms with E-state index >= 15 is 0 Å². The largest absolute Gasteiger partial charge is 0.309 e. The van der Waals surface area contributed by atoms with E-state index in [1.807, 2.05) is 11.3 Å². The molecule has 1 atom stereocenters. The molecule has 0 aliphatic heterocycles. The van der Waals surface area contributed by atoms with Crippen molar-refractivity contribution in [1.29, 1.82) is 0 Å². The number of hydrogen-bond acceptors (Lipinski definition) is 2. The second kappa shape index (κ2) is 5.08. The molecule has 0 saturated heterocycles. The Labute approximate surface area is 138 Å². The summed E-state index contributed by atoms with van der Waals surface area (Å²) in [5.74, 6) is 4.11. The second-order valence-electron chi connectivity index (χ2n) is 8.96. The fourth-order valence-corrected chi connectivity index (χ4v) is 7.34. The number of thiophene rings is 1. The van der Waals surface area contributed by atoms with Crippen molar-refractivity contribution in [3.8, 4) is 0 Å². The van der Waals surface area contributed by atoms with Crippen molar-refractivity contribution >= 4 is 11.3 Å². The lowest BCUT2D eigenvalue weighted by molar-refractivity contribution is -0.0706. The van der Waals surface area contributed by atoms with E-state index in [-0.39, 0.29) is 0 Å². The predicted octanol–water partition coefficient (Wildman–Crippen LogP) is 5.32. The van der Waals surface area contributed by atoms with E-state index < -0.39 is 0 Å². The highest BCUT2D eigenvalue weighted by Gasteiger charge is 2.52. The van der Waals surface area contributed by atoms with Gasteiger partial charge in [-0.1, -0.05) is 0 Å². The molecule has 1 N–H and O–H groups in total. The maximum atomic E-state index is 3.98. The minimum atomic E-state index is 0.645. The number of rotatable bonds is 5. The minimum absolute atomic E-state index is 0.645. The molecule has 5 fully saturated rings. The van der Waals surface area contributed by atoms with Gasteiger partial charge in [0, 0.05) is 17.5 Å². The molecule has 0 spiro atoms. The van der Waals surface area contributed by atoms with Crippen LogP contribution in [-0.4, -0.2) is 6.04 Å². The van der Waals surface area contributed by atoms with Gasteiger partial charge < -0.3 is 5.32 Å². The van der Waals surface area contributed by atoms with Gasteiger partial charge >= 0.3 is 0 Å². The standard InChI is InChI=1S/C20H29NS/c1-13(21-12-19-18(4-5-22-19)17-2-3-17)20-9-14-6-15(10-20)8-16(7-14)11-20/h4-5,13-17,21H,2-3,6-12H2,1H3. The molecule has 5 saturated carbocycles. The minimum Gasteiger partial charge on any atom is -0.309 e. The SMILES string of the molecule is CC(NCc1sccc1C1CC1)C12CC3CC(CC(C3)C1)C2. The van der Waals surface area contributed by atoms with Crippen LogP contribution in [0.1, 0.15) is 74.6 Å². The Morgan fingerprint density at radius 3 is 2.36 bits per heavy atom. The molecule has 1 heterocycles. The van der Waals surface area contributed by atoms with Gasteiger partial charge in [-0.05, 0) is 104 Å². The normalized spacial score (nSPS) is 41.0. The fraction of sp³-hybridized carbons (Fsp3) is 0.800. The van der Waals surface area contributed by atoms with Crippen LogP contribution in [0.5, 0.6) is 0 Å². The third-order valence-electron chi connectivity index (χ3n) is 7.37. The van der Waals surface area contributed by atoms with E-state index in [0.29, 0.717) is 11.5 Å². The summed E-state index contributed by atoms with van der Waals surface area (Å²) in [5.41, 5.74) is 2.31. The summed E-state index contributed by atoms with van der Waals surface area (Å²) in [5, 5.41) is 6.28. The maximum absolute atomic E-state index is 3.98. The first-order chi connectivity index (χ1) is 10.7. The van der Waals surface area contributed by atoms with Crippen LogP contribution in [0.25, 0.3) is 0 Å². The van der Waals surface area contributed by atoms with Crippen LogP contribution in [0.2, 0.25) is 0 Å². The van der Waals surface area contributed by atoms with Gasteiger partial charge in [-0.25, -0.2) is 0 Å². The van der Waals surface area contributed by atoms with Crippen LogP contribution in [0, 0.1) is 23.2 Å². The second-order valence-corrected chi connectivity index (χ2v) is 9.96. The third kappa shape index (κ3) is 2.29. The van der Waals surface area contributed by atoms with E-state index in [9.17, 15) is 0 Å². The summed E-state index contributed by atoms with van der Waals surface area (Å²) in [4.78, 5) is 1.62. The van der Waals surface area contributed by atoms with Crippen LogP contribution >= 0.6 is 11.3 Å². The zero-order valence-electron chi connectivity index (χ0n) is 13.8. The van der Waals surface area contributed by atoms with Crippen LogP contribution in [0.15, 0.2) is 11.4 Å². The Morgan fingerprint density at radius 2 is 1.77 bits per heavy atom. The lowest BCUT2D eigenvalue weighted by atomic mass is 9.48. The molecule has 5 aliphatic rings. The Morgan fingerprint density at radius 1 is 1.14 bits per heavy atom. The highest BCUT2D eigenvalue weighted by atomic mass is 32.1. The van der Waals surface area contributed by atoms with Crippen molar-refractivity contribution in [2.45, 2.75) is 76.8 Å². The zero-order valence-corrected chi connectivity index (χ0v) is 14.6. The molecule has 120 valence electrons. The highest BCUT2D eigenvalue weighted by Crippen LogP contribution is 2.61. The van der Waals surface area contributed by atoms with Gasteiger partial charge in [-0.2, -0.15) is 0 Å². The molecule has 1 unspecified atom stereocenters. The van der Waals surface area contributed by atoms with Gasteiger partial charge in [0.15, 0.2) is 0 Å². The smallest absolute Gasteiger partial charge is 0.0305 e. The maximum Gasteiger partial charge on any atom is 0.0305 e. The highest BCUT2D eigenvalue weighted by molar-refractivity contribution is 7.10. The van der Waals surface area contributed by atoms with Gasteiger partial charge in [-0.3, -0.25) is 0 Å². The zero-order chi connectivity index (χ0) is 14.7. The van der Waals surface area contributed by atoms with Gasteiger partial charge in [0.1, 0.15) is 0 Å². The van der Waals surface area contributed by atoms with Crippen molar-refractivity contribution in [3.63, 3.8) is 0 Å². The lowest BCUT2D eigenvalue weighted by Crippen LogP contribution is -2.54. The van der Waals surface area contributed by atoms with Crippen LogP contribution < -0.4 is 5.32 Å². The van der Waals surface area contributed by atoms with E-state index in [0.717, 1.165) is 30.2 Å². The van der Waals surface area contributed by atoms with Crippen LogP contribution in [0.4, 0.5) is 0 Å². The Balaban J connectivity index is 1.28. The van der Waals surface area contributed by atoms with E-state index in [4.69, 9.17) is 0 Å². The summed E-state index contributed by atoms with van der Waals surface area (Å²) in [6.07, 6.45) is 12.1. The van der Waals surface area contributed by atoms with Crippen LogP contribution in [0.3, 0.4) is 0 Å². The van der Waals surface area contributed by atoms with Gasteiger partial charge in [0.05, 0.1) is 0 Å². The molecule has 6 rings (SSSR count). The van der Waals surface area contributed by atoms with Crippen molar-refractivity contribution in [3.05, 3.63) is 21.9 Å². The molecular formula is C20H29NS. The summed E-state index contributed by atoms with van der Waals surface area (Å²) in [6.45, 7) is 3.62. The average Bonchev–Trinajstić information content (AvgIpc) is 3.22. The van der Waals surface area contributed by atoms with Crippen molar-refractivity contribution in [2.24, 2.45) is 23.2 Å². The molecule has 1 nitrogen and oxygen atoms in total. The van der Waals surface area contributed by atoms with Crippen molar-refractivity contribution in [1.82, 2.24) is 5.32 Å². The molecular weight excluding hydrogens is 286 g/mol. The molecule has 0 aromatic carbocycles. The molecule has 1 aromatic rings. The summed E-state index contributed by atoms with van der Waals surface area (Å²) in [7, 11) is 0. The van der Waals surface area contributed by atoms with Crippen LogP contribution in [-0.2, 0) is 6.54 Å².